The Hall–Kier alpha value is -2.35. The van der Waals surface area contributed by atoms with Gasteiger partial charge in [-0.1, -0.05) is 24.3 Å². The normalized spacial score (nSPS) is 10.4. The van der Waals surface area contributed by atoms with Gasteiger partial charge in [-0.15, -0.1) is 0 Å². The van der Waals surface area contributed by atoms with Crippen LogP contribution in [0.25, 0.3) is 17.1 Å². The van der Waals surface area contributed by atoms with Gasteiger partial charge in [0, 0.05) is 18.1 Å². The fraction of sp³-hybridized carbons (Fsp3) is 0. The van der Waals surface area contributed by atoms with Gasteiger partial charge in [0.05, 0.1) is 11.4 Å². The average Bonchev–Trinajstić information content (AvgIpc) is 2.90. The summed E-state index contributed by atoms with van der Waals surface area (Å²) in [5.74, 6) is 0. The molecule has 0 saturated heterocycles. The predicted octanol–water partition coefficient (Wildman–Crippen LogP) is 3.54. The summed E-state index contributed by atoms with van der Waals surface area (Å²) < 4.78 is 2.14. The molecule has 2 heteroatoms. The highest BCUT2D eigenvalue weighted by Gasteiger charge is 2.05. The van der Waals surface area contributed by atoms with Crippen molar-refractivity contribution in [1.82, 2.24) is 9.55 Å². The van der Waals surface area contributed by atoms with Crippen LogP contribution in [-0.4, -0.2) is 9.55 Å². The summed E-state index contributed by atoms with van der Waals surface area (Å²) in [6.45, 7) is 0. The lowest BCUT2D eigenvalue weighted by molar-refractivity contribution is 1.07. The Bertz CT molecular complexity index is 543. The molecule has 2 heterocycles. The third kappa shape index (κ3) is 1.85. The van der Waals surface area contributed by atoms with E-state index in [9.17, 15) is 0 Å². The molecular weight excluding hydrogens is 208 g/mol. The van der Waals surface area contributed by atoms with Crippen LogP contribution in [0.3, 0.4) is 0 Å². The van der Waals surface area contributed by atoms with Gasteiger partial charge in [-0.2, -0.15) is 0 Å². The van der Waals surface area contributed by atoms with Crippen LogP contribution in [-0.2, 0) is 0 Å². The van der Waals surface area contributed by atoms with Crippen molar-refractivity contribution >= 4 is 0 Å². The number of hydrogen-bond acceptors (Lipinski definition) is 1. The van der Waals surface area contributed by atoms with Crippen molar-refractivity contribution in [1.29, 1.82) is 0 Å². The molecule has 0 aliphatic rings. The second-order valence-electron chi connectivity index (χ2n) is 3.81. The Kier molecular flexibility index (Phi) is 2.47. The minimum atomic E-state index is 0.987. The molecule has 82 valence electrons. The molecule has 0 amide bonds. The molecule has 3 aromatic rings. The number of rotatable bonds is 2. The van der Waals surface area contributed by atoms with E-state index in [1.807, 2.05) is 48.7 Å². The summed E-state index contributed by atoms with van der Waals surface area (Å²) in [5.41, 5.74) is 3.25. The second-order valence-corrected chi connectivity index (χ2v) is 3.81. The van der Waals surface area contributed by atoms with Gasteiger partial charge in [0.2, 0.25) is 0 Å². The lowest BCUT2D eigenvalue weighted by Crippen LogP contribution is -1.95. The van der Waals surface area contributed by atoms with Crippen LogP contribution >= 0.6 is 0 Å². The summed E-state index contributed by atoms with van der Waals surface area (Å²) >= 11 is 0. The molecule has 2 nitrogen and oxygen atoms in total. The van der Waals surface area contributed by atoms with Crippen LogP contribution in [0.2, 0.25) is 0 Å². The van der Waals surface area contributed by atoms with Gasteiger partial charge in [0.1, 0.15) is 0 Å². The quantitative estimate of drug-likeness (QED) is 0.646. The monoisotopic (exact) mass is 220 g/mol. The van der Waals surface area contributed by atoms with Gasteiger partial charge in [-0.05, 0) is 36.4 Å². The highest BCUT2D eigenvalue weighted by molar-refractivity contribution is 5.58. The van der Waals surface area contributed by atoms with Crippen LogP contribution < -0.4 is 0 Å². The van der Waals surface area contributed by atoms with E-state index < -0.39 is 0 Å². The standard InChI is InChI=1S/C15H12N2/c1-2-7-13(8-3-1)17-12-6-10-15(17)14-9-4-5-11-16-14/h1-12H. The van der Waals surface area contributed by atoms with E-state index in [-0.39, 0.29) is 0 Å². The fourth-order valence-electron chi connectivity index (χ4n) is 1.92. The van der Waals surface area contributed by atoms with Crippen LogP contribution in [0.4, 0.5) is 0 Å². The Morgan fingerprint density at radius 1 is 0.765 bits per heavy atom. The SMILES string of the molecule is c1ccc(-n2cccc2-c2ccccn2)cc1. The van der Waals surface area contributed by atoms with Gasteiger partial charge in [0.15, 0.2) is 0 Å². The maximum Gasteiger partial charge on any atom is 0.0869 e. The Balaban J connectivity index is 2.13. The van der Waals surface area contributed by atoms with E-state index in [1.54, 1.807) is 0 Å². The van der Waals surface area contributed by atoms with Crippen molar-refractivity contribution < 1.29 is 0 Å². The van der Waals surface area contributed by atoms with Crippen LogP contribution in [0, 0.1) is 0 Å². The minimum absolute atomic E-state index is 0.987. The minimum Gasteiger partial charge on any atom is -0.315 e. The Morgan fingerprint density at radius 3 is 2.35 bits per heavy atom. The zero-order valence-electron chi connectivity index (χ0n) is 9.32. The van der Waals surface area contributed by atoms with Crippen LogP contribution in [0.5, 0.6) is 0 Å². The molecule has 2 aromatic heterocycles. The third-order valence-corrected chi connectivity index (χ3v) is 2.71. The maximum atomic E-state index is 4.39. The highest BCUT2D eigenvalue weighted by atomic mass is 15.0. The Labute approximate surface area is 100 Å². The molecule has 1 aromatic carbocycles. The zero-order chi connectivity index (χ0) is 11.5. The molecule has 0 saturated carbocycles. The number of nitrogens with zero attached hydrogens (tertiary/aromatic N) is 2. The van der Waals surface area contributed by atoms with Gasteiger partial charge >= 0.3 is 0 Å². The Morgan fingerprint density at radius 2 is 1.59 bits per heavy atom. The van der Waals surface area contributed by atoms with Crippen molar-refractivity contribution in [2.75, 3.05) is 0 Å². The summed E-state index contributed by atoms with van der Waals surface area (Å²) in [4.78, 5) is 4.39. The average molecular weight is 220 g/mol. The summed E-state index contributed by atoms with van der Waals surface area (Å²) in [5, 5.41) is 0. The number of benzene rings is 1. The van der Waals surface area contributed by atoms with Crippen molar-refractivity contribution in [3.8, 4) is 17.1 Å². The van der Waals surface area contributed by atoms with Crippen molar-refractivity contribution in [3.05, 3.63) is 73.1 Å². The molecular formula is C15H12N2. The number of pyridine rings is 1. The van der Waals surface area contributed by atoms with Crippen molar-refractivity contribution in [2.45, 2.75) is 0 Å². The van der Waals surface area contributed by atoms with E-state index in [0.29, 0.717) is 0 Å². The van der Waals surface area contributed by atoms with Crippen LogP contribution in [0.15, 0.2) is 73.1 Å². The highest BCUT2D eigenvalue weighted by Crippen LogP contribution is 2.21. The molecule has 0 N–H and O–H groups in total. The lowest BCUT2D eigenvalue weighted by atomic mass is 10.2. The predicted molar refractivity (Wildman–Crippen MR) is 69.0 cm³/mol. The molecule has 17 heavy (non-hydrogen) atoms. The smallest absolute Gasteiger partial charge is 0.0869 e. The van der Waals surface area contributed by atoms with Crippen molar-refractivity contribution in [3.63, 3.8) is 0 Å². The van der Waals surface area contributed by atoms with Gasteiger partial charge in [-0.25, -0.2) is 0 Å². The van der Waals surface area contributed by atoms with Gasteiger partial charge < -0.3 is 4.57 Å². The number of aromatic nitrogens is 2. The first-order valence-electron chi connectivity index (χ1n) is 5.59. The first-order chi connectivity index (χ1) is 8.45. The van der Waals surface area contributed by atoms with Gasteiger partial charge in [-0.3, -0.25) is 4.98 Å². The summed E-state index contributed by atoms with van der Waals surface area (Å²) in [7, 11) is 0. The number of hydrogen-bond donors (Lipinski definition) is 0. The fourth-order valence-corrected chi connectivity index (χ4v) is 1.92. The first-order valence-corrected chi connectivity index (χ1v) is 5.59. The van der Waals surface area contributed by atoms with E-state index >= 15 is 0 Å². The molecule has 0 spiro atoms. The molecule has 0 aliphatic heterocycles. The van der Waals surface area contributed by atoms with E-state index in [1.165, 1.54) is 0 Å². The van der Waals surface area contributed by atoms with E-state index in [4.69, 9.17) is 0 Å². The topological polar surface area (TPSA) is 17.8 Å². The van der Waals surface area contributed by atoms with Gasteiger partial charge in [0.25, 0.3) is 0 Å². The van der Waals surface area contributed by atoms with E-state index in [2.05, 4.69) is 33.9 Å². The molecule has 0 atom stereocenters. The summed E-state index contributed by atoms with van der Waals surface area (Å²) in [6, 6.07) is 20.4. The van der Waals surface area contributed by atoms with Crippen LogP contribution in [0.1, 0.15) is 0 Å². The summed E-state index contributed by atoms with van der Waals surface area (Å²) in [6.07, 6.45) is 3.87. The van der Waals surface area contributed by atoms with Crippen molar-refractivity contribution in [2.24, 2.45) is 0 Å². The molecule has 0 unspecified atom stereocenters. The molecule has 0 fully saturated rings. The molecule has 3 rings (SSSR count). The first kappa shape index (κ1) is 9.85. The second kappa shape index (κ2) is 4.26. The zero-order valence-corrected chi connectivity index (χ0v) is 9.32. The third-order valence-electron chi connectivity index (χ3n) is 2.71. The molecule has 0 aliphatic carbocycles. The molecule has 0 bridgehead atoms. The van der Waals surface area contributed by atoms with E-state index in [0.717, 1.165) is 17.1 Å². The maximum absolute atomic E-state index is 4.39. The number of para-hydroxylation sites is 1. The lowest BCUT2D eigenvalue weighted by Gasteiger charge is -2.08. The largest absolute Gasteiger partial charge is 0.315 e. The molecule has 0 radical (unpaired) electrons.